The molecule has 2 saturated heterocycles. The minimum absolute atomic E-state index is 0.0466. The molecule has 1 unspecified atom stereocenters. The zero-order valence-corrected chi connectivity index (χ0v) is 17.9. The van der Waals surface area contributed by atoms with Crippen molar-refractivity contribution >= 4 is 18.7 Å². The molecule has 0 spiro atoms. The Hall–Kier alpha value is -1.61. The molecule has 9 heteroatoms. The van der Waals surface area contributed by atoms with Crippen LogP contribution in [0.25, 0.3) is 0 Å². The SMILES string of the molecule is CC(C)(C)OC(=O)N1CC(F)C[C@H]1Cn1cc(B2OC(C)(C)C(C)(C)O2)cn1. The number of rotatable bonds is 3. The molecule has 7 nitrogen and oxygen atoms in total. The van der Waals surface area contributed by atoms with E-state index in [2.05, 4.69) is 5.10 Å². The highest BCUT2D eigenvalue weighted by molar-refractivity contribution is 6.61. The number of ether oxygens (including phenoxy) is 1. The third kappa shape index (κ3) is 4.35. The highest BCUT2D eigenvalue weighted by atomic mass is 19.1. The third-order valence-electron chi connectivity index (χ3n) is 5.57. The predicted octanol–water partition coefficient (Wildman–Crippen LogP) is 2.53. The molecule has 0 aromatic carbocycles. The quantitative estimate of drug-likeness (QED) is 0.736. The van der Waals surface area contributed by atoms with Gasteiger partial charge in [-0.05, 0) is 48.5 Å². The van der Waals surface area contributed by atoms with E-state index < -0.39 is 36.2 Å². The Kier molecular flexibility index (Phi) is 5.29. The van der Waals surface area contributed by atoms with Crippen molar-refractivity contribution in [1.82, 2.24) is 14.7 Å². The van der Waals surface area contributed by atoms with Crippen LogP contribution < -0.4 is 5.46 Å². The van der Waals surface area contributed by atoms with Gasteiger partial charge in [0.25, 0.3) is 0 Å². The lowest BCUT2D eigenvalue weighted by atomic mass is 9.82. The van der Waals surface area contributed by atoms with E-state index in [9.17, 15) is 9.18 Å². The Morgan fingerprint density at radius 2 is 1.93 bits per heavy atom. The first-order valence-electron chi connectivity index (χ1n) is 9.79. The molecule has 0 N–H and O–H groups in total. The first-order valence-corrected chi connectivity index (χ1v) is 9.79. The molecule has 2 atom stereocenters. The summed E-state index contributed by atoms with van der Waals surface area (Å²) >= 11 is 0. The number of hydrogen-bond donors (Lipinski definition) is 0. The van der Waals surface area contributed by atoms with Gasteiger partial charge in [-0.25, -0.2) is 9.18 Å². The van der Waals surface area contributed by atoms with Crippen molar-refractivity contribution in [2.24, 2.45) is 0 Å². The molecule has 1 amide bonds. The van der Waals surface area contributed by atoms with Crippen LogP contribution in [0.5, 0.6) is 0 Å². The number of aromatic nitrogens is 2. The molecule has 156 valence electrons. The van der Waals surface area contributed by atoms with Gasteiger partial charge < -0.3 is 18.9 Å². The first kappa shape index (κ1) is 21.1. The van der Waals surface area contributed by atoms with Gasteiger partial charge in [0.15, 0.2) is 0 Å². The molecule has 3 rings (SSSR count). The minimum atomic E-state index is -1.06. The summed E-state index contributed by atoms with van der Waals surface area (Å²) in [5.74, 6) is 0. The summed E-state index contributed by atoms with van der Waals surface area (Å²) in [6.45, 7) is 13.8. The van der Waals surface area contributed by atoms with Crippen LogP contribution in [-0.4, -0.2) is 63.5 Å². The van der Waals surface area contributed by atoms with Gasteiger partial charge in [0, 0.05) is 24.3 Å². The average molecular weight is 395 g/mol. The number of amides is 1. The van der Waals surface area contributed by atoms with Crippen molar-refractivity contribution < 1.29 is 23.2 Å². The lowest BCUT2D eigenvalue weighted by molar-refractivity contribution is 0.00578. The van der Waals surface area contributed by atoms with Gasteiger partial charge in [-0.1, -0.05) is 0 Å². The first-order chi connectivity index (χ1) is 12.8. The van der Waals surface area contributed by atoms with Gasteiger partial charge in [-0.2, -0.15) is 5.10 Å². The maximum atomic E-state index is 14.0. The monoisotopic (exact) mass is 395 g/mol. The van der Waals surface area contributed by atoms with Gasteiger partial charge in [-0.3, -0.25) is 4.68 Å². The number of carbonyl (C=O) groups is 1. The summed E-state index contributed by atoms with van der Waals surface area (Å²) in [5, 5.41) is 4.37. The van der Waals surface area contributed by atoms with Gasteiger partial charge in [0.1, 0.15) is 11.8 Å². The Bertz CT molecular complexity index is 715. The summed E-state index contributed by atoms with van der Waals surface area (Å²) in [4.78, 5) is 13.9. The van der Waals surface area contributed by atoms with Crippen LogP contribution in [0.3, 0.4) is 0 Å². The van der Waals surface area contributed by atoms with Crippen molar-refractivity contribution in [2.75, 3.05) is 6.54 Å². The number of likely N-dealkylation sites (tertiary alicyclic amines) is 1. The number of hydrogen-bond acceptors (Lipinski definition) is 5. The second-order valence-corrected chi connectivity index (χ2v) is 9.70. The van der Waals surface area contributed by atoms with Crippen molar-refractivity contribution in [3.8, 4) is 0 Å². The van der Waals surface area contributed by atoms with Crippen molar-refractivity contribution in [3.05, 3.63) is 12.4 Å². The van der Waals surface area contributed by atoms with Crippen molar-refractivity contribution in [1.29, 1.82) is 0 Å². The normalized spacial score (nSPS) is 26.7. The summed E-state index contributed by atoms with van der Waals surface area (Å²) in [6.07, 6.45) is 2.25. The largest absolute Gasteiger partial charge is 0.498 e. The molecule has 3 heterocycles. The van der Waals surface area contributed by atoms with Crippen LogP contribution in [-0.2, 0) is 20.6 Å². The van der Waals surface area contributed by atoms with Crippen LogP contribution in [0.2, 0.25) is 0 Å². The molecule has 0 saturated carbocycles. The zero-order valence-electron chi connectivity index (χ0n) is 17.9. The Morgan fingerprint density at radius 3 is 2.50 bits per heavy atom. The summed E-state index contributed by atoms with van der Waals surface area (Å²) in [7, 11) is -0.502. The van der Waals surface area contributed by atoms with Gasteiger partial charge in [0.2, 0.25) is 0 Å². The summed E-state index contributed by atoms with van der Waals surface area (Å²) in [6, 6.07) is -0.309. The second-order valence-electron chi connectivity index (χ2n) is 9.70. The molecule has 28 heavy (non-hydrogen) atoms. The van der Waals surface area contributed by atoms with E-state index in [0.717, 1.165) is 5.46 Å². The molecular formula is C19H31BFN3O4. The van der Waals surface area contributed by atoms with E-state index >= 15 is 0 Å². The molecule has 0 radical (unpaired) electrons. The number of alkyl halides is 1. The van der Waals surface area contributed by atoms with E-state index in [4.69, 9.17) is 14.0 Å². The Balaban J connectivity index is 1.68. The van der Waals surface area contributed by atoms with Gasteiger partial charge in [0.05, 0.1) is 30.3 Å². The molecule has 2 aliphatic rings. The maximum absolute atomic E-state index is 14.0. The molecule has 0 aliphatic carbocycles. The molecule has 0 bridgehead atoms. The molecule has 1 aromatic rings. The van der Waals surface area contributed by atoms with Crippen LogP contribution in [0.15, 0.2) is 12.4 Å². The summed E-state index contributed by atoms with van der Waals surface area (Å²) in [5.41, 5.74) is -0.677. The highest BCUT2D eigenvalue weighted by Gasteiger charge is 2.52. The molecular weight excluding hydrogens is 364 g/mol. The number of halogens is 1. The van der Waals surface area contributed by atoms with E-state index in [1.54, 1.807) is 31.6 Å². The summed E-state index contributed by atoms with van der Waals surface area (Å²) < 4.78 is 33.2. The van der Waals surface area contributed by atoms with E-state index in [1.807, 2.05) is 33.9 Å². The van der Waals surface area contributed by atoms with Crippen LogP contribution in [0.4, 0.5) is 9.18 Å². The number of nitrogens with zero attached hydrogens (tertiary/aromatic N) is 3. The number of carbonyl (C=O) groups excluding carboxylic acids is 1. The predicted molar refractivity (Wildman–Crippen MR) is 104 cm³/mol. The topological polar surface area (TPSA) is 65.8 Å². The molecule has 2 fully saturated rings. The van der Waals surface area contributed by atoms with Crippen molar-refractivity contribution in [3.63, 3.8) is 0 Å². The second kappa shape index (κ2) is 7.02. The minimum Gasteiger partial charge on any atom is -0.444 e. The Labute approximate surface area is 166 Å². The van der Waals surface area contributed by atoms with E-state index in [0.29, 0.717) is 6.54 Å². The zero-order chi connectivity index (χ0) is 20.9. The fourth-order valence-electron chi connectivity index (χ4n) is 3.37. The molecule has 2 aliphatic heterocycles. The van der Waals surface area contributed by atoms with Gasteiger partial charge in [-0.15, -0.1) is 0 Å². The van der Waals surface area contributed by atoms with Gasteiger partial charge >= 0.3 is 13.2 Å². The maximum Gasteiger partial charge on any atom is 0.498 e. The standard InChI is InChI=1S/C19H31BFN3O4/c1-17(2,3)26-16(25)24-11-14(21)8-15(24)12-23-10-13(9-22-23)20-27-18(4,5)19(6,7)28-20/h9-10,14-15H,8,11-12H2,1-7H3/t14?,15-/m0/s1. The Morgan fingerprint density at radius 1 is 1.32 bits per heavy atom. The third-order valence-corrected chi connectivity index (χ3v) is 5.57. The van der Waals surface area contributed by atoms with Crippen molar-refractivity contribution in [2.45, 2.75) is 90.4 Å². The van der Waals surface area contributed by atoms with Crippen LogP contribution in [0.1, 0.15) is 54.9 Å². The van der Waals surface area contributed by atoms with E-state index in [-0.39, 0.29) is 19.0 Å². The fraction of sp³-hybridized carbons (Fsp3) is 0.789. The highest BCUT2D eigenvalue weighted by Crippen LogP contribution is 2.36. The molecule has 1 aromatic heterocycles. The smallest absolute Gasteiger partial charge is 0.444 e. The van der Waals surface area contributed by atoms with Crippen LogP contribution >= 0.6 is 0 Å². The van der Waals surface area contributed by atoms with E-state index in [1.165, 1.54) is 4.90 Å². The van der Waals surface area contributed by atoms with Crippen LogP contribution in [0, 0.1) is 0 Å². The lowest BCUT2D eigenvalue weighted by Gasteiger charge is -2.32. The average Bonchev–Trinajstić information content (AvgIpc) is 3.16. The lowest BCUT2D eigenvalue weighted by Crippen LogP contribution is -2.41. The fourth-order valence-corrected chi connectivity index (χ4v) is 3.37.